The van der Waals surface area contributed by atoms with Crippen LogP contribution in [-0.4, -0.2) is 25.1 Å². The molecular formula is C14H21N2+. The van der Waals surface area contributed by atoms with Gasteiger partial charge in [0, 0.05) is 11.8 Å². The van der Waals surface area contributed by atoms with Crippen molar-refractivity contribution in [3.05, 3.63) is 55.8 Å². The maximum atomic E-state index is 3.83. The molecule has 0 atom stereocenters. The number of hydrogen-bond acceptors (Lipinski definition) is 0. The molecule has 0 saturated carbocycles. The highest BCUT2D eigenvalue weighted by molar-refractivity contribution is 5.46. The zero-order chi connectivity index (χ0) is 12.0. The van der Waals surface area contributed by atoms with Crippen molar-refractivity contribution in [2.24, 2.45) is 0 Å². The molecule has 0 amide bonds. The van der Waals surface area contributed by atoms with E-state index in [1.807, 2.05) is 24.4 Å². The first-order chi connectivity index (χ1) is 7.68. The molecule has 0 aliphatic heterocycles. The third kappa shape index (κ3) is 2.52. The van der Waals surface area contributed by atoms with E-state index in [9.17, 15) is 0 Å². The van der Waals surface area contributed by atoms with Crippen molar-refractivity contribution in [1.29, 1.82) is 0 Å². The van der Waals surface area contributed by atoms with Gasteiger partial charge in [0.25, 0.3) is 0 Å². The van der Waals surface area contributed by atoms with Crippen molar-refractivity contribution in [3.8, 4) is 0 Å². The second-order valence-corrected chi connectivity index (χ2v) is 4.18. The molecule has 1 aromatic rings. The highest BCUT2D eigenvalue weighted by atomic mass is 15.4. The van der Waals surface area contributed by atoms with Crippen LogP contribution in [0.4, 0.5) is 5.82 Å². The van der Waals surface area contributed by atoms with Gasteiger partial charge in [-0.25, -0.2) is 0 Å². The van der Waals surface area contributed by atoms with Crippen LogP contribution in [0.3, 0.4) is 0 Å². The number of likely N-dealkylation sites (N-methyl/N-ethyl adjacent to an activating group) is 1. The molecular weight excluding hydrogens is 196 g/mol. The summed E-state index contributed by atoms with van der Waals surface area (Å²) in [5.41, 5.74) is 1.29. The zero-order valence-corrected chi connectivity index (χ0v) is 10.1. The van der Waals surface area contributed by atoms with Crippen molar-refractivity contribution >= 4 is 5.82 Å². The lowest BCUT2D eigenvalue weighted by molar-refractivity contribution is 0.390. The smallest absolute Gasteiger partial charge is 0.209 e. The van der Waals surface area contributed by atoms with Gasteiger partial charge in [-0.05, 0) is 24.6 Å². The summed E-state index contributed by atoms with van der Waals surface area (Å²) in [6.45, 7) is 13.2. The van der Waals surface area contributed by atoms with E-state index in [0.717, 1.165) is 24.0 Å². The summed E-state index contributed by atoms with van der Waals surface area (Å²) in [7, 11) is 2.18. The minimum absolute atomic E-state index is 0.781. The number of quaternary nitrogens is 1. The Bertz CT molecular complexity index is 364. The Morgan fingerprint density at radius 2 is 1.81 bits per heavy atom. The summed E-state index contributed by atoms with van der Waals surface area (Å²) in [4.78, 5) is 3.33. The van der Waals surface area contributed by atoms with E-state index in [1.54, 1.807) is 0 Å². The number of H-pyrrole nitrogens is 1. The Hall–Kier alpha value is -1.54. The molecule has 0 fully saturated rings. The first-order valence-electron chi connectivity index (χ1n) is 5.52. The van der Waals surface area contributed by atoms with Crippen molar-refractivity contribution in [3.63, 3.8) is 0 Å². The fourth-order valence-corrected chi connectivity index (χ4v) is 2.04. The first-order valence-corrected chi connectivity index (χ1v) is 5.52. The van der Waals surface area contributed by atoms with Crippen LogP contribution in [0.2, 0.25) is 0 Å². The zero-order valence-electron chi connectivity index (χ0n) is 10.1. The van der Waals surface area contributed by atoms with E-state index in [4.69, 9.17) is 0 Å². The third-order valence-electron chi connectivity index (χ3n) is 2.78. The molecule has 0 bridgehead atoms. The number of aromatic nitrogens is 1. The van der Waals surface area contributed by atoms with Crippen molar-refractivity contribution in [2.75, 3.05) is 20.1 Å². The minimum Gasteiger partial charge on any atom is -0.318 e. The van der Waals surface area contributed by atoms with Gasteiger partial charge in [0.05, 0.1) is 7.05 Å². The standard InChI is InChI=1S/C14H21N2/c1-5-8-13-9-10-15-14(13)16(4,11-6-2)12-7-3/h5-7,9-10,15H,1-3,8,11-12H2,4H3/q+1. The summed E-state index contributed by atoms with van der Waals surface area (Å²) in [6.07, 6.45) is 8.70. The van der Waals surface area contributed by atoms with Crippen molar-refractivity contribution in [2.45, 2.75) is 6.42 Å². The number of allylic oxidation sites excluding steroid dienone is 1. The normalized spacial score (nSPS) is 11.1. The Labute approximate surface area is 98.2 Å². The molecule has 0 spiro atoms. The Balaban J connectivity index is 3.08. The number of rotatable bonds is 7. The molecule has 2 nitrogen and oxygen atoms in total. The molecule has 0 radical (unpaired) electrons. The Morgan fingerprint density at radius 3 is 2.31 bits per heavy atom. The lowest BCUT2D eigenvalue weighted by Gasteiger charge is -2.31. The number of nitrogens with one attached hydrogen (secondary N) is 1. The predicted molar refractivity (Wildman–Crippen MR) is 72.5 cm³/mol. The van der Waals surface area contributed by atoms with Gasteiger partial charge in [-0.3, -0.25) is 4.48 Å². The maximum Gasteiger partial charge on any atom is 0.209 e. The molecule has 1 N–H and O–H groups in total. The second kappa shape index (κ2) is 5.52. The van der Waals surface area contributed by atoms with Crippen LogP contribution in [0.5, 0.6) is 0 Å². The van der Waals surface area contributed by atoms with E-state index in [0.29, 0.717) is 0 Å². The maximum absolute atomic E-state index is 3.83. The van der Waals surface area contributed by atoms with Gasteiger partial charge < -0.3 is 4.98 Å². The van der Waals surface area contributed by atoms with Crippen LogP contribution in [0.25, 0.3) is 0 Å². The lowest BCUT2D eigenvalue weighted by Crippen LogP contribution is -2.46. The molecule has 1 heterocycles. The highest BCUT2D eigenvalue weighted by Gasteiger charge is 2.25. The molecule has 2 heteroatoms. The SMILES string of the molecule is C=CCc1cc[nH]c1[N+](C)(CC=C)CC=C. The van der Waals surface area contributed by atoms with Crippen LogP contribution in [0.1, 0.15) is 5.56 Å². The van der Waals surface area contributed by atoms with E-state index >= 15 is 0 Å². The number of aromatic amines is 1. The molecule has 0 aromatic carbocycles. The van der Waals surface area contributed by atoms with Gasteiger partial charge in [-0.1, -0.05) is 19.2 Å². The summed E-state index contributed by atoms with van der Waals surface area (Å²) in [5, 5.41) is 0. The molecule has 0 unspecified atom stereocenters. The van der Waals surface area contributed by atoms with Crippen LogP contribution in [-0.2, 0) is 6.42 Å². The first kappa shape index (κ1) is 12.5. The minimum atomic E-state index is 0.781. The molecule has 0 saturated heterocycles. The monoisotopic (exact) mass is 217 g/mol. The summed E-state index contributed by atoms with van der Waals surface area (Å²) in [6, 6.07) is 2.11. The fraction of sp³-hybridized carbons (Fsp3) is 0.286. The van der Waals surface area contributed by atoms with E-state index in [-0.39, 0.29) is 0 Å². The average molecular weight is 217 g/mol. The number of hydrogen-bond donors (Lipinski definition) is 1. The topological polar surface area (TPSA) is 15.8 Å². The van der Waals surface area contributed by atoms with Gasteiger partial charge in [0.15, 0.2) is 0 Å². The van der Waals surface area contributed by atoms with Gasteiger partial charge in [-0.2, -0.15) is 0 Å². The highest BCUT2D eigenvalue weighted by Crippen LogP contribution is 2.24. The van der Waals surface area contributed by atoms with Crippen LogP contribution < -0.4 is 4.48 Å². The third-order valence-corrected chi connectivity index (χ3v) is 2.78. The molecule has 86 valence electrons. The van der Waals surface area contributed by atoms with E-state index in [2.05, 4.69) is 37.8 Å². The number of nitrogens with zero attached hydrogens (tertiary/aromatic N) is 1. The van der Waals surface area contributed by atoms with Gasteiger partial charge in [-0.15, -0.1) is 6.58 Å². The Kier molecular flexibility index (Phi) is 4.32. The molecule has 1 rings (SSSR count). The fourth-order valence-electron chi connectivity index (χ4n) is 2.04. The molecule has 16 heavy (non-hydrogen) atoms. The molecule has 0 aliphatic carbocycles. The van der Waals surface area contributed by atoms with Gasteiger partial charge in [0.2, 0.25) is 5.82 Å². The van der Waals surface area contributed by atoms with Crippen LogP contribution in [0.15, 0.2) is 50.2 Å². The summed E-state index contributed by atoms with van der Waals surface area (Å²) in [5.74, 6) is 1.22. The molecule has 0 aliphatic rings. The Morgan fingerprint density at radius 1 is 1.19 bits per heavy atom. The van der Waals surface area contributed by atoms with Crippen molar-refractivity contribution < 1.29 is 0 Å². The van der Waals surface area contributed by atoms with Crippen LogP contribution >= 0.6 is 0 Å². The predicted octanol–water partition coefficient (Wildman–Crippen LogP) is 3.05. The van der Waals surface area contributed by atoms with Crippen molar-refractivity contribution in [1.82, 2.24) is 9.47 Å². The average Bonchev–Trinajstić information content (AvgIpc) is 2.68. The van der Waals surface area contributed by atoms with E-state index < -0.39 is 0 Å². The largest absolute Gasteiger partial charge is 0.318 e. The van der Waals surface area contributed by atoms with E-state index in [1.165, 1.54) is 11.4 Å². The lowest BCUT2D eigenvalue weighted by atomic mass is 10.2. The van der Waals surface area contributed by atoms with Gasteiger partial charge in [0.1, 0.15) is 13.1 Å². The van der Waals surface area contributed by atoms with Gasteiger partial charge >= 0.3 is 0 Å². The second-order valence-electron chi connectivity index (χ2n) is 4.18. The van der Waals surface area contributed by atoms with Crippen LogP contribution in [0, 0.1) is 0 Å². The molecule has 1 aromatic heterocycles. The quantitative estimate of drug-likeness (QED) is 0.534. The summed E-state index contributed by atoms with van der Waals surface area (Å²) < 4.78 is 0.781. The summed E-state index contributed by atoms with van der Waals surface area (Å²) >= 11 is 0.